The molecule has 0 fully saturated rings. The van der Waals surface area contributed by atoms with Gasteiger partial charge in [-0.05, 0) is 12.1 Å². The van der Waals surface area contributed by atoms with E-state index in [1.54, 1.807) is 26.0 Å². The van der Waals surface area contributed by atoms with E-state index in [4.69, 9.17) is 5.73 Å². The van der Waals surface area contributed by atoms with Gasteiger partial charge in [0.05, 0.1) is 5.56 Å². The first kappa shape index (κ1) is 10.9. The highest BCUT2D eigenvalue weighted by atomic mass is 19.1. The van der Waals surface area contributed by atoms with E-state index >= 15 is 0 Å². The molecule has 1 aromatic carbocycles. The molecule has 14 heavy (non-hydrogen) atoms. The molecule has 2 N–H and O–H groups in total. The number of carbonyl (C=O) groups is 1. The van der Waals surface area contributed by atoms with Crippen molar-refractivity contribution in [2.24, 2.45) is 11.1 Å². The summed E-state index contributed by atoms with van der Waals surface area (Å²) < 4.78 is 13.2. The highest BCUT2D eigenvalue weighted by Crippen LogP contribution is 2.21. The van der Waals surface area contributed by atoms with Crippen LogP contribution in [-0.2, 0) is 0 Å². The van der Waals surface area contributed by atoms with Gasteiger partial charge in [-0.15, -0.1) is 0 Å². The van der Waals surface area contributed by atoms with Gasteiger partial charge in [-0.2, -0.15) is 0 Å². The fourth-order valence-electron chi connectivity index (χ4n) is 1.10. The minimum absolute atomic E-state index is 0.114. The fourth-order valence-corrected chi connectivity index (χ4v) is 1.10. The van der Waals surface area contributed by atoms with Crippen LogP contribution in [0.3, 0.4) is 0 Å². The minimum Gasteiger partial charge on any atom is -0.329 e. The van der Waals surface area contributed by atoms with E-state index < -0.39 is 11.2 Å². The van der Waals surface area contributed by atoms with Crippen molar-refractivity contribution >= 4 is 5.78 Å². The Morgan fingerprint density at radius 1 is 1.43 bits per heavy atom. The molecular weight excluding hydrogens is 181 g/mol. The summed E-state index contributed by atoms with van der Waals surface area (Å²) in [7, 11) is 0. The van der Waals surface area contributed by atoms with Gasteiger partial charge in [0.1, 0.15) is 5.82 Å². The van der Waals surface area contributed by atoms with Gasteiger partial charge in [0.15, 0.2) is 5.78 Å². The number of rotatable bonds is 3. The molecule has 0 radical (unpaired) electrons. The van der Waals surface area contributed by atoms with Crippen molar-refractivity contribution in [1.29, 1.82) is 0 Å². The number of benzene rings is 1. The van der Waals surface area contributed by atoms with Gasteiger partial charge < -0.3 is 5.73 Å². The number of hydrogen-bond donors (Lipinski definition) is 1. The van der Waals surface area contributed by atoms with Crippen molar-refractivity contribution in [3.63, 3.8) is 0 Å². The molecule has 0 spiro atoms. The van der Waals surface area contributed by atoms with E-state index in [1.807, 2.05) is 0 Å². The van der Waals surface area contributed by atoms with Crippen molar-refractivity contribution in [3.8, 4) is 0 Å². The Bertz CT molecular complexity index is 347. The van der Waals surface area contributed by atoms with Crippen LogP contribution in [-0.4, -0.2) is 12.3 Å². The molecule has 76 valence electrons. The lowest BCUT2D eigenvalue weighted by atomic mass is 9.84. The van der Waals surface area contributed by atoms with E-state index in [0.29, 0.717) is 0 Å². The molecule has 0 amide bonds. The van der Waals surface area contributed by atoms with Crippen LogP contribution >= 0.6 is 0 Å². The molecule has 0 aliphatic carbocycles. The van der Waals surface area contributed by atoms with E-state index in [9.17, 15) is 9.18 Å². The van der Waals surface area contributed by atoms with Crippen LogP contribution in [0.15, 0.2) is 24.3 Å². The van der Waals surface area contributed by atoms with Crippen LogP contribution in [0.25, 0.3) is 0 Å². The fraction of sp³-hybridized carbons (Fsp3) is 0.364. The number of nitrogens with two attached hydrogens (primary N) is 1. The molecule has 0 saturated carbocycles. The summed E-state index contributed by atoms with van der Waals surface area (Å²) in [4.78, 5) is 11.8. The molecule has 0 heterocycles. The Balaban J connectivity index is 3.07. The Kier molecular flexibility index (Phi) is 3.01. The standard InChI is InChI=1S/C11H14FNO/c1-11(2,7-13)10(14)8-5-3-4-6-9(8)12/h3-6H,7,13H2,1-2H3. The molecule has 0 bridgehead atoms. The third-order valence-corrected chi connectivity index (χ3v) is 2.24. The Morgan fingerprint density at radius 3 is 2.50 bits per heavy atom. The molecule has 0 atom stereocenters. The number of Topliss-reactive ketones (excluding diaryl/α,β-unsaturated/α-hetero) is 1. The predicted octanol–water partition coefficient (Wildman–Crippen LogP) is 1.99. The molecular formula is C11H14FNO. The Morgan fingerprint density at radius 2 is 2.00 bits per heavy atom. The second-order valence-corrected chi connectivity index (χ2v) is 3.90. The number of halogens is 1. The molecule has 2 nitrogen and oxygen atoms in total. The van der Waals surface area contributed by atoms with Gasteiger partial charge in [-0.1, -0.05) is 26.0 Å². The highest BCUT2D eigenvalue weighted by Gasteiger charge is 2.28. The van der Waals surface area contributed by atoms with Crippen molar-refractivity contribution in [2.75, 3.05) is 6.54 Å². The summed E-state index contributed by atoms with van der Waals surface area (Å²) in [6.45, 7) is 3.63. The Hall–Kier alpha value is -1.22. The van der Waals surface area contributed by atoms with E-state index in [2.05, 4.69) is 0 Å². The van der Waals surface area contributed by atoms with Gasteiger partial charge in [0.2, 0.25) is 0 Å². The van der Waals surface area contributed by atoms with Gasteiger partial charge in [0.25, 0.3) is 0 Å². The van der Waals surface area contributed by atoms with Crippen LogP contribution in [0.4, 0.5) is 4.39 Å². The van der Waals surface area contributed by atoms with Gasteiger partial charge in [0, 0.05) is 12.0 Å². The van der Waals surface area contributed by atoms with Crippen LogP contribution in [0.2, 0.25) is 0 Å². The highest BCUT2D eigenvalue weighted by molar-refractivity contribution is 6.00. The summed E-state index contributed by atoms with van der Waals surface area (Å²) in [5, 5.41) is 0. The van der Waals surface area contributed by atoms with Crippen molar-refractivity contribution in [1.82, 2.24) is 0 Å². The van der Waals surface area contributed by atoms with Crippen LogP contribution in [0, 0.1) is 11.2 Å². The number of hydrogen-bond acceptors (Lipinski definition) is 2. The first-order chi connectivity index (χ1) is 6.49. The molecule has 1 rings (SSSR count). The summed E-state index contributed by atoms with van der Waals surface area (Å²) in [6.07, 6.45) is 0. The third kappa shape index (κ3) is 1.99. The maximum Gasteiger partial charge on any atom is 0.172 e. The average molecular weight is 195 g/mol. The average Bonchev–Trinajstić information content (AvgIpc) is 2.17. The number of ketones is 1. The summed E-state index contributed by atoms with van der Waals surface area (Å²) in [5.41, 5.74) is 4.86. The van der Waals surface area contributed by atoms with E-state index in [0.717, 1.165) is 0 Å². The quantitative estimate of drug-likeness (QED) is 0.749. The third-order valence-electron chi connectivity index (χ3n) is 2.24. The monoisotopic (exact) mass is 195 g/mol. The van der Waals surface area contributed by atoms with Gasteiger partial charge in [-0.25, -0.2) is 4.39 Å². The molecule has 0 aromatic heterocycles. The van der Waals surface area contributed by atoms with Crippen LogP contribution < -0.4 is 5.73 Å². The minimum atomic E-state index is -0.706. The van der Waals surface area contributed by atoms with Gasteiger partial charge in [-0.3, -0.25) is 4.79 Å². The summed E-state index contributed by atoms with van der Waals surface area (Å²) >= 11 is 0. The van der Waals surface area contributed by atoms with Crippen molar-refractivity contribution in [2.45, 2.75) is 13.8 Å². The van der Waals surface area contributed by atoms with E-state index in [1.165, 1.54) is 12.1 Å². The smallest absolute Gasteiger partial charge is 0.172 e. The van der Waals surface area contributed by atoms with Crippen LogP contribution in [0.1, 0.15) is 24.2 Å². The molecule has 1 aromatic rings. The summed E-state index contributed by atoms with van der Waals surface area (Å²) in [5.74, 6) is -0.739. The summed E-state index contributed by atoms with van der Waals surface area (Å²) in [6, 6.07) is 5.96. The van der Waals surface area contributed by atoms with Crippen molar-refractivity contribution < 1.29 is 9.18 Å². The SMILES string of the molecule is CC(C)(CN)C(=O)c1ccccc1F. The maximum atomic E-state index is 13.2. The largest absolute Gasteiger partial charge is 0.329 e. The lowest BCUT2D eigenvalue weighted by Gasteiger charge is -2.20. The normalized spacial score (nSPS) is 11.4. The van der Waals surface area contributed by atoms with Gasteiger partial charge >= 0.3 is 0 Å². The number of carbonyl (C=O) groups excluding carboxylic acids is 1. The zero-order chi connectivity index (χ0) is 10.8. The molecule has 0 unspecified atom stereocenters. The lowest BCUT2D eigenvalue weighted by molar-refractivity contribution is 0.0843. The van der Waals surface area contributed by atoms with E-state index in [-0.39, 0.29) is 17.9 Å². The molecule has 0 aliphatic heterocycles. The Labute approximate surface area is 82.9 Å². The zero-order valence-electron chi connectivity index (χ0n) is 8.38. The second kappa shape index (κ2) is 3.88. The topological polar surface area (TPSA) is 43.1 Å². The zero-order valence-corrected chi connectivity index (χ0v) is 8.38. The molecule has 3 heteroatoms. The molecule has 0 saturated heterocycles. The second-order valence-electron chi connectivity index (χ2n) is 3.90. The van der Waals surface area contributed by atoms with Crippen molar-refractivity contribution in [3.05, 3.63) is 35.6 Å². The predicted molar refractivity (Wildman–Crippen MR) is 53.6 cm³/mol. The first-order valence-electron chi connectivity index (χ1n) is 4.48. The molecule has 0 aliphatic rings. The first-order valence-corrected chi connectivity index (χ1v) is 4.48. The lowest BCUT2D eigenvalue weighted by Crippen LogP contribution is -2.33. The van der Waals surface area contributed by atoms with Crippen LogP contribution in [0.5, 0.6) is 0 Å². The maximum absolute atomic E-state index is 13.2.